The molecule has 0 heterocycles. The number of aliphatic hydroxyl groups excluding tert-OH is 1. The van der Waals surface area contributed by atoms with Crippen LogP contribution in [0.4, 0.5) is 0 Å². The van der Waals surface area contributed by atoms with Crippen LogP contribution in [0.2, 0.25) is 0 Å². The normalized spacial score (nSPS) is 8.84. The van der Waals surface area contributed by atoms with Gasteiger partial charge in [-0.25, -0.2) is 0 Å². The first-order valence-corrected chi connectivity index (χ1v) is 14.4. The van der Waals surface area contributed by atoms with Gasteiger partial charge in [-0.1, -0.05) is 69.0 Å². The number of ether oxygens (including phenoxy) is 4. The van der Waals surface area contributed by atoms with E-state index in [9.17, 15) is 0 Å². The van der Waals surface area contributed by atoms with Crippen molar-refractivity contribution in [1.29, 1.82) is 0 Å². The molecule has 3 rings (SSSR count). The molecule has 9 heteroatoms. The Balaban J connectivity index is 0. The first-order valence-electron chi connectivity index (χ1n) is 13.2. The third kappa shape index (κ3) is 16.3. The monoisotopic (exact) mass is 628 g/mol. The van der Waals surface area contributed by atoms with Gasteiger partial charge < -0.3 is 28.8 Å². The summed E-state index contributed by atoms with van der Waals surface area (Å²) in [5, 5.41) is 9.90. The number of aldehydes is 1. The van der Waals surface area contributed by atoms with Crippen LogP contribution >= 0.6 is 18.5 Å². The molecule has 0 radical (unpaired) electrons. The van der Waals surface area contributed by atoms with Gasteiger partial charge in [0.05, 0.1) is 14.2 Å². The molecule has 0 bridgehead atoms. The van der Waals surface area contributed by atoms with E-state index in [1.807, 2.05) is 58.8 Å². The van der Waals surface area contributed by atoms with Crippen molar-refractivity contribution < 1.29 is 33.6 Å². The molecule has 7 nitrogen and oxygen atoms in total. The van der Waals surface area contributed by atoms with Gasteiger partial charge in [0.2, 0.25) is 0 Å². The predicted molar refractivity (Wildman–Crippen MR) is 188 cm³/mol. The highest BCUT2D eigenvalue weighted by atomic mass is 31.0. The number of hydrogen-bond acceptors (Lipinski definition) is 7. The molecule has 1 N–H and O–H groups in total. The Morgan fingerprint density at radius 3 is 1.77 bits per heavy atom. The van der Waals surface area contributed by atoms with E-state index in [1.165, 1.54) is 5.57 Å². The molecular formula is C34H46O7P2. The van der Waals surface area contributed by atoms with Crippen LogP contribution in [0.15, 0.2) is 85.7 Å². The number of hydrogen-bond donors (Lipinski definition) is 1. The van der Waals surface area contributed by atoms with Crippen LogP contribution in [-0.4, -0.2) is 45.6 Å². The van der Waals surface area contributed by atoms with Gasteiger partial charge in [0.15, 0.2) is 17.8 Å². The summed E-state index contributed by atoms with van der Waals surface area (Å²) in [6.45, 7) is 21.0. The molecule has 234 valence electrons. The van der Waals surface area contributed by atoms with Gasteiger partial charge >= 0.3 is 0 Å². The number of methoxy groups -OCH3 is 2. The van der Waals surface area contributed by atoms with Crippen LogP contribution in [0.1, 0.15) is 33.3 Å². The Hall–Kier alpha value is -3.92. The lowest BCUT2D eigenvalue weighted by Crippen LogP contribution is -2.19. The highest BCUT2D eigenvalue weighted by molar-refractivity contribution is 7.36. The van der Waals surface area contributed by atoms with E-state index in [0.29, 0.717) is 30.5 Å². The van der Waals surface area contributed by atoms with E-state index in [1.54, 1.807) is 20.3 Å². The molecular weight excluding hydrogens is 582 g/mol. The van der Waals surface area contributed by atoms with E-state index >= 15 is 0 Å². The number of aliphatic hydroxyl groups is 1. The lowest BCUT2D eigenvalue weighted by Gasteiger charge is -2.15. The van der Waals surface area contributed by atoms with Crippen LogP contribution in [0.25, 0.3) is 17.2 Å². The highest BCUT2D eigenvalue weighted by Crippen LogP contribution is 2.31. The smallest absolute Gasteiger partial charge is 0.183 e. The van der Waals surface area contributed by atoms with E-state index in [-0.39, 0.29) is 6.29 Å². The third-order valence-corrected chi connectivity index (χ3v) is 6.36. The number of benzene rings is 3. The third-order valence-electron chi connectivity index (χ3n) is 4.81. The molecule has 43 heavy (non-hydrogen) atoms. The molecule has 2 atom stereocenters. The predicted octanol–water partition coefficient (Wildman–Crippen LogP) is 7.15. The molecule has 0 fully saturated rings. The first kappa shape index (κ1) is 41.2. The summed E-state index contributed by atoms with van der Waals surface area (Å²) >= 11 is 0. The van der Waals surface area contributed by atoms with E-state index < -0.39 is 5.76 Å². The van der Waals surface area contributed by atoms with Crippen LogP contribution in [0, 0.1) is 0 Å². The summed E-state index contributed by atoms with van der Waals surface area (Å²) in [7, 11) is 8.79. The second kappa shape index (κ2) is 24.7. The lowest BCUT2D eigenvalue weighted by molar-refractivity contribution is -0.107. The first-order chi connectivity index (χ1) is 20.6. The van der Waals surface area contributed by atoms with E-state index in [4.69, 9.17) is 33.6 Å². The molecule has 0 aliphatic heterocycles. The summed E-state index contributed by atoms with van der Waals surface area (Å²) in [6.07, 6.45) is 2.12. The van der Waals surface area contributed by atoms with Crippen LogP contribution in [0.3, 0.4) is 0 Å². The summed E-state index contributed by atoms with van der Waals surface area (Å²) in [6, 6.07) is 17.8. The zero-order chi connectivity index (χ0) is 33.4. The number of carbonyl (C=O) groups excluding carboxylic acids is 2. The van der Waals surface area contributed by atoms with Gasteiger partial charge in [0, 0.05) is 11.4 Å². The van der Waals surface area contributed by atoms with Crippen LogP contribution in [0.5, 0.6) is 23.0 Å². The quantitative estimate of drug-likeness (QED) is 0.0637. The second-order valence-corrected chi connectivity index (χ2v) is 9.45. The molecule has 0 aromatic heterocycles. The van der Waals surface area contributed by atoms with Crippen molar-refractivity contribution in [3.63, 3.8) is 0 Å². The topological polar surface area (TPSA) is 91.3 Å². The largest absolute Gasteiger partial charge is 0.505 e. The number of carbonyl (C=O) groups is 2. The zero-order valence-electron chi connectivity index (χ0n) is 26.1. The zero-order valence-corrected chi connectivity index (χ0v) is 28.5. The fourth-order valence-corrected chi connectivity index (χ4v) is 3.75. The summed E-state index contributed by atoms with van der Waals surface area (Å²) in [4.78, 5) is 17.2. The van der Waals surface area contributed by atoms with Gasteiger partial charge in [-0.15, -0.1) is 25.1 Å². The molecule has 0 spiro atoms. The van der Waals surface area contributed by atoms with Gasteiger partial charge in [-0.3, -0.25) is 4.79 Å². The Kier molecular flexibility index (Phi) is 23.6. The van der Waals surface area contributed by atoms with Crippen molar-refractivity contribution in [1.82, 2.24) is 0 Å². The minimum atomic E-state index is -0.426. The average Bonchev–Trinajstić information content (AvgIpc) is 3.03. The van der Waals surface area contributed by atoms with Gasteiger partial charge in [-0.2, -0.15) is 0 Å². The maximum atomic E-state index is 9.16. The fraction of sp³-hybridized carbons (Fsp3) is 0.235. The van der Waals surface area contributed by atoms with Crippen LogP contribution < -0.4 is 29.6 Å². The minimum absolute atomic E-state index is 0.278. The highest BCUT2D eigenvalue weighted by Gasteiger charge is 2.10. The fourth-order valence-electron chi connectivity index (χ4n) is 3.01. The summed E-state index contributed by atoms with van der Waals surface area (Å²) in [5.74, 6) is 2.39. The van der Waals surface area contributed by atoms with Gasteiger partial charge in [0.25, 0.3) is 0 Å². The number of rotatable bonds is 10. The molecule has 0 amide bonds. The molecule has 3 aromatic carbocycles. The van der Waals surface area contributed by atoms with Crippen molar-refractivity contribution in [2.75, 3.05) is 27.4 Å². The Morgan fingerprint density at radius 1 is 0.814 bits per heavy atom. The molecule has 0 saturated heterocycles. The Morgan fingerprint density at radius 2 is 1.30 bits per heavy atom. The molecule has 3 aromatic rings. The molecule has 2 unspecified atom stereocenters. The maximum absolute atomic E-state index is 9.16. The van der Waals surface area contributed by atoms with Gasteiger partial charge in [0.1, 0.15) is 37.3 Å². The molecule has 0 aliphatic carbocycles. The van der Waals surface area contributed by atoms with Gasteiger partial charge in [-0.05, 0) is 54.0 Å². The average molecular weight is 629 g/mol. The summed E-state index contributed by atoms with van der Waals surface area (Å²) in [5.41, 5.74) is 4.57. The van der Waals surface area contributed by atoms with Crippen molar-refractivity contribution >= 4 is 48.2 Å². The number of allylic oxidation sites excluding steroid dienone is 2. The minimum Gasteiger partial charge on any atom is -0.505 e. The maximum Gasteiger partial charge on any atom is 0.183 e. The van der Waals surface area contributed by atoms with Crippen LogP contribution in [-0.2, 0) is 9.59 Å². The van der Waals surface area contributed by atoms with E-state index in [2.05, 4.69) is 68.5 Å². The molecule has 0 aliphatic rings. The second-order valence-electron chi connectivity index (χ2n) is 8.29. The Bertz CT molecular complexity index is 1270. The Labute approximate surface area is 262 Å². The standard InChI is InChI=1S/C24H26O4P2.C4H8.C3H4O2.C2H6.CH2O/c1-4-16-5-7-17(8-6-16)19-10-12-21(24(30)23(19)29)28-14-13-27-18-9-11-20(25-2)22(15-18)26-3;1-4(2)3;1-3(5)2-4;2*1-2/h4-12,15H,1,13-14,29-30H2,2-3H3;1H2,2-3H3;2,5H,1H2;1-2H3;1H2. The lowest BCUT2D eigenvalue weighted by atomic mass is 10.0. The van der Waals surface area contributed by atoms with Crippen molar-refractivity contribution in [2.24, 2.45) is 0 Å². The van der Waals surface area contributed by atoms with Crippen molar-refractivity contribution in [2.45, 2.75) is 27.7 Å². The SMILES string of the molecule is C=C(C)C.C=C(O)C=O.C=Cc1ccc(-c2ccc(OCCOc3ccc(OC)c(OC)c3)c(P)c2P)cc1.C=O.CC. The van der Waals surface area contributed by atoms with Crippen molar-refractivity contribution in [3.8, 4) is 34.1 Å². The van der Waals surface area contributed by atoms with Crippen molar-refractivity contribution in [3.05, 3.63) is 91.2 Å². The molecule has 0 saturated carbocycles. The summed E-state index contributed by atoms with van der Waals surface area (Å²) < 4.78 is 22.2. The van der Waals surface area contributed by atoms with E-state index in [0.717, 1.165) is 33.0 Å².